The van der Waals surface area contributed by atoms with Crippen LogP contribution in [0.15, 0.2) is 60.9 Å². The Kier molecular flexibility index (Phi) is 18.0. The van der Waals surface area contributed by atoms with Gasteiger partial charge in [-0.3, -0.25) is 4.79 Å². The number of likely N-dealkylation sites (tertiary alicyclic amines) is 1. The monoisotopic (exact) mass is 920 g/mol. The molecular weight excluding hydrogens is 888 g/mol. The standard InChI is InChI=1S/C18H16Cl2F3N3O2.C14H9Cl2F3N2O2.C4H9NO.ClH/c19-11-6-15(16(25-8-11)17(28)26-4-3-12(27)9-26)24-7-10-1-2-14(20)13(5-10)18(21,22)23;15-8-4-11(12(13(22)23)21-6-8)20-5-7-1-2-10(16)9(3-7)14(17,18)19;6-4-1-2-5-3-4;/h1-2,5-6,8,12,24,27H,3-4,7,9H2;1-4,6,20H,5H2,(H,22,23);4-6H,1-3H2;1H. The summed E-state index contributed by atoms with van der Waals surface area (Å²) in [5.41, 5.74) is -1.08. The molecule has 0 bridgehead atoms. The van der Waals surface area contributed by atoms with Crippen LogP contribution in [0.3, 0.4) is 0 Å². The Morgan fingerprint density at radius 2 is 1.24 bits per heavy atom. The summed E-state index contributed by atoms with van der Waals surface area (Å²) in [6.07, 6.45) is -5.89. The van der Waals surface area contributed by atoms with Crippen molar-refractivity contribution in [3.05, 3.63) is 115 Å². The Morgan fingerprint density at radius 1 is 0.759 bits per heavy atom. The number of nitrogens with one attached hydrogen (secondary N) is 3. The summed E-state index contributed by atoms with van der Waals surface area (Å²) in [6.45, 7) is 2.33. The van der Waals surface area contributed by atoms with Crippen molar-refractivity contribution in [3.8, 4) is 0 Å². The molecule has 22 heteroatoms. The second-order valence-electron chi connectivity index (χ2n) is 12.6. The predicted octanol–water partition coefficient (Wildman–Crippen LogP) is 8.71. The highest BCUT2D eigenvalue weighted by Gasteiger charge is 2.34. The summed E-state index contributed by atoms with van der Waals surface area (Å²) in [5, 5.41) is 35.6. The quantitative estimate of drug-likeness (QED) is 0.0945. The van der Waals surface area contributed by atoms with Gasteiger partial charge in [0.15, 0.2) is 11.4 Å². The molecule has 6 N–H and O–H groups in total. The number of carboxylic acid groups (broad SMARTS) is 1. The van der Waals surface area contributed by atoms with Crippen LogP contribution in [0.25, 0.3) is 0 Å². The van der Waals surface area contributed by atoms with Gasteiger partial charge in [0.2, 0.25) is 0 Å². The van der Waals surface area contributed by atoms with Gasteiger partial charge in [-0.15, -0.1) is 12.4 Å². The van der Waals surface area contributed by atoms with Crippen LogP contribution in [-0.4, -0.2) is 80.5 Å². The van der Waals surface area contributed by atoms with Gasteiger partial charge in [0.25, 0.3) is 5.91 Å². The number of alkyl halides is 6. The molecule has 58 heavy (non-hydrogen) atoms. The minimum Gasteiger partial charge on any atom is -0.476 e. The maximum absolute atomic E-state index is 13.0. The third kappa shape index (κ3) is 14.2. The van der Waals surface area contributed by atoms with E-state index >= 15 is 0 Å². The van der Waals surface area contributed by atoms with Crippen molar-refractivity contribution in [2.45, 2.75) is 50.5 Å². The summed E-state index contributed by atoms with van der Waals surface area (Å²) in [6, 6.07) is 9.84. The number of hydrogen-bond acceptors (Lipinski definition) is 9. The predicted molar refractivity (Wildman–Crippen MR) is 210 cm³/mol. The van der Waals surface area contributed by atoms with Crippen LogP contribution in [0, 0.1) is 0 Å². The summed E-state index contributed by atoms with van der Waals surface area (Å²) >= 11 is 22.9. The lowest BCUT2D eigenvalue weighted by molar-refractivity contribution is -0.138. The van der Waals surface area contributed by atoms with Gasteiger partial charge in [-0.05, 0) is 66.9 Å². The fourth-order valence-corrected chi connectivity index (χ4v) is 6.16. The zero-order valence-electron chi connectivity index (χ0n) is 29.8. The Hall–Kier alpha value is -3.81. The number of pyridine rings is 2. The second-order valence-corrected chi connectivity index (χ2v) is 14.3. The van der Waals surface area contributed by atoms with Gasteiger partial charge in [-0.25, -0.2) is 14.8 Å². The maximum Gasteiger partial charge on any atom is 0.417 e. The molecule has 0 saturated carbocycles. The van der Waals surface area contributed by atoms with Crippen LogP contribution in [0.4, 0.5) is 37.7 Å². The molecule has 11 nitrogen and oxygen atoms in total. The third-order valence-corrected chi connectivity index (χ3v) is 9.31. The van der Waals surface area contributed by atoms with Crippen LogP contribution in [0.2, 0.25) is 20.1 Å². The van der Waals surface area contributed by atoms with E-state index in [-0.39, 0.29) is 81.8 Å². The molecule has 6 rings (SSSR count). The molecule has 4 aromatic rings. The molecule has 2 aromatic heterocycles. The van der Waals surface area contributed by atoms with Crippen molar-refractivity contribution < 1.29 is 51.3 Å². The number of aromatic carboxylic acids is 1. The fraction of sp³-hybridized carbons (Fsp3) is 0.333. The van der Waals surface area contributed by atoms with Gasteiger partial charge in [0.05, 0.1) is 54.8 Å². The average molecular weight is 923 g/mol. The number of anilines is 2. The summed E-state index contributed by atoms with van der Waals surface area (Å²) in [4.78, 5) is 32.9. The van der Waals surface area contributed by atoms with Crippen molar-refractivity contribution >= 4 is 82.1 Å². The van der Waals surface area contributed by atoms with Crippen molar-refractivity contribution in [2.24, 2.45) is 0 Å². The largest absolute Gasteiger partial charge is 0.476 e. The number of benzene rings is 2. The number of carbonyl (C=O) groups is 2. The lowest BCUT2D eigenvalue weighted by Gasteiger charge is -2.18. The van der Waals surface area contributed by atoms with Gasteiger partial charge in [-0.2, -0.15) is 26.3 Å². The topological polar surface area (TPSA) is 160 Å². The Balaban J connectivity index is 0.000000270. The number of hydrogen-bond donors (Lipinski definition) is 6. The number of β-amino-alcohol motifs (C(OH)–C–C–N with tert-alkyl or cyclic N) is 2. The molecule has 2 aliphatic heterocycles. The lowest BCUT2D eigenvalue weighted by Crippen LogP contribution is -2.31. The van der Waals surface area contributed by atoms with E-state index < -0.39 is 40.6 Å². The van der Waals surface area contributed by atoms with Gasteiger partial charge in [0, 0.05) is 45.1 Å². The minimum atomic E-state index is -4.57. The molecule has 2 aliphatic rings. The molecule has 2 fully saturated rings. The number of nitrogens with zero attached hydrogens (tertiary/aromatic N) is 3. The van der Waals surface area contributed by atoms with Crippen LogP contribution in [0.5, 0.6) is 0 Å². The first-order valence-corrected chi connectivity index (χ1v) is 18.3. The Bertz CT molecular complexity index is 2040. The van der Waals surface area contributed by atoms with E-state index in [0.717, 1.165) is 37.7 Å². The molecule has 2 unspecified atom stereocenters. The molecule has 4 heterocycles. The number of aliphatic hydroxyl groups is 2. The molecule has 0 aliphatic carbocycles. The maximum atomic E-state index is 13.0. The molecular formula is C36H35Cl5F6N6O5. The average Bonchev–Trinajstić information content (AvgIpc) is 3.81. The number of carboxylic acids is 1. The smallest absolute Gasteiger partial charge is 0.417 e. The highest BCUT2D eigenvalue weighted by Crippen LogP contribution is 2.36. The summed E-state index contributed by atoms with van der Waals surface area (Å²) < 4.78 is 77.5. The molecule has 2 aromatic carbocycles. The molecule has 1 amide bonds. The first-order chi connectivity index (χ1) is 26.7. The van der Waals surface area contributed by atoms with Gasteiger partial charge < -0.3 is 36.2 Å². The van der Waals surface area contributed by atoms with Crippen LogP contribution < -0.4 is 16.0 Å². The molecule has 0 radical (unpaired) electrons. The third-order valence-electron chi connectivity index (χ3n) is 8.24. The highest BCUT2D eigenvalue weighted by molar-refractivity contribution is 6.32. The Morgan fingerprint density at radius 3 is 1.62 bits per heavy atom. The zero-order chi connectivity index (χ0) is 42.1. The first-order valence-electron chi connectivity index (χ1n) is 16.8. The summed E-state index contributed by atoms with van der Waals surface area (Å²) in [7, 11) is 0. The van der Waals surface area contributed by atoms with Crippen molar-refractivity contribution in [3.63, 3.8) is 0 Å². The van der Waals surface area contributed by atoms with Gasteiger partial charge in [-0.1, -0.05) is 58.5 Å². The van der Waals surface area contributed by atoms with Gasteiger partial charge in [0.1, 0.15) is 0 Å². The molecule has 2 atom stereocenters. The molecule has 0 spiro atoms. The van der Waals surface area contributed by atoms with Gasteiger partial charge >= 0.3 is 18.3 Å². The minimum absolute atomic E-state index is 0. The van der Waals surface area contributed by atoms with E-state index in [9.17, 15) is 41.0 Å². The number of aromatic nitrogens is 2. The number of carbonyl (C=O) groups excluding carboxylic acids is 1. The van der Waals surface area contributed by atoms with E-state index in [0.29, 0.717) is 24.2 Å². The first kappa shape index (κ1) is 48.6. The number of rotatable bonds is 8. The molecule has 2 saturated heterocycles. The normalized spacial score (nSPS) is 16.3. The molecule has 316 valence electrons. The number of halogens is 11. The number of amides is 1. The van der Waals surface area contributed by atoms with Crippen molar-refractivity contribution in [2.75, 3.05) is 36.8 Å². The van der Waals surface area contributed by atoms with E-state index in [4.69, 9.17) is 56.6 Å². The van der Waals surface area contributed by atoms with E-state index in [2.05, 4.69) is 25.9 Å². The van der Waals surface area contributed by atoms with Crippen molar-refractivity contribution in [1.82, 2.24) is 20.2 Å². The number of aliphatic hydroxyl groups excluding tert-OH is 2. The van der Waals surface area contributed by atoms with E-state index in [1.807, 2.05) is 0 Å². The van der Waals surface area contributed by atoms with Crippen LogP contribution in [-0.2, 0) is 25.4 Å². The summed E-state index contributed by atoms with van der Waals surface area (Å²) in [5.74, 6) is -1.67. The van der Waals surface area contributed by atoms with Crippen LogP contribution in [0.1, 0.15) is 56.1 Å². The fourth-order valence-electron chi connectivity index (χ4n) is 5.40. The van der Waals surface area contributed by atoms with Crippen molar-refractivity contribution in [1.29, 1.82) is 0 Å². The van der Waals surface area contributed by atoms with Crippen LogP contribution >= 0.6 is 58.8 Å². The SMILES string of the molecule is Cl.O=C(O)c1ncc(Cl)cc1NCc1ccc(Cl)c(C(F)(F)F)c1.O=C(c1ncc(Cl)cc1NCc1ccc(Cl)c(C(F)(F)F)c1)N1CCC(O)C1.OC1CCNC1. The van der Waals surface area contributed by atoms with E-state index in [1.54, 1.807) is 0 Å². The second kappa shape index (κ2) is 21.4. The highest BCUT2D eigenvalue weighted by atomic mass is 35.5. The lowest BCUT2D eigenvalue weighted by atomic mass is 10.1. The Labute approximate surface area is 354 Å². The zero-order valence-corrected chi connectivity index (χ0v) is 33.6. The van der Waals surface area contributed by atoms with E-state index in [1.165, 1.54) is 47.6 Å².